The van der Waals surface area contributed by atoms with Crippen molar-refractivity contribution in [1.82, 2.24) is 5.32 Å². The molecule has 2 aliphatic heterocycles. The van der Waals surface area contributed by atoms with Gasteiger partial charge in [-0.3, -0.25) is 4.79 Å². The van der Waals surface area contributed by atoms with Crippen LogP contribution in [0, 0.1) is 45.8 Å². The SMILES string of the molecule is C=CC[C@@H]1C(C(C#N)(C#N)CC#CCOC(C)=O)=CC2CC[C@@H]1N2. The van der Waals surface area contributed by atoms with Crippen LogP contribution in [-0.2, 0) is 9.53 Å². The Hall–Kier alpha value is -2.55. The third-order valence-corrected chi connectivity index (χ3v) is 4.60. The van der Waals surface area contributed by atoms with Crippen LogP contribution in [0.1, 0.15) is 32.6 Å². The fourth-order valence-electron chi connectivity index (χ4n) is 3.46. The molecular formula is C19H21N3O2. The first-order valence-electron chi connectivity index (χ1n) is 8.07. The molecule has 1 N–H and O–H groups in total. The Balaban J connectivity index is 2.25. The molecule has 2 aliphatic rings. The van der Waals surface area contributed by atoms with Crippen molar-refractivity contribution in [2.45, 2.75) is 44.7 Å². The topological polar surface area (TPSA) is 85.9 Å². The molecule has 24 heavy (non-hydrogen) atoms. The average Bonchev–Trinajstić information content (AvgIpc) is 2.96. The van der Waals surface area contributed by atoms with Gasteiger partial charge in [-0.05, 0) is 24.8 Å². The van der Waals surface area contributed by atoms with E-state index in [-0.39, 0.29) is 31.0 Å². The van der Waals surface area contributed by atoms with Crippen LogP contribution >= 0.6 is 0 Å². The van der Waals surface area contributed by atoms with Gasteiger partial charge in [0.1, 0.15) is 0 Å². The fraction of sp³-hybridized carbons (Fsp3) is 0.526. The van der Waals surface area contributed by atoms with E-state index in [0.29, 0.717) is 0 Å². The molecule has 0 spiro atoms. The van der Waals surface area contributed by atoms with Crippen LogP contribution in [0.15, 0.2) is 24.3 Å². The number of esters is 1. The van der Waals surface area contributed by atoms with Crippen LogP contribution in [0.3, 0.4) is 0 Å². The van der Waals surface area contributed by atoms with Crippen molar-refractivity contribution in [2.75, 3.05) is 6.61 Å². The van der Waals surface area contributed by atoms with Gasteiger partial charge in [0.15, 0.2) is 12.0 Å². The zero-order valence-electron chi connectivity index (χ0n) is 13.8. The van der Waals surface area contributed by atoms with Crippen LogP contribution in [0.5, 0.6) is 0 Å². The molecule has 0 amide bonds. The van der Waals surface area contributed by atoms with E-state index in [1.807, 2.05) is 12.2 Å². The number of fused-ring (bicyclic) bond motifs is 2. The van der Waals surface area contributed by atoms with Gasteiger partial charge in [0, 0.05) is 31.3 Å². The summed E-state index contributed by atoms with van der Waals surface area (Å²) >= 11 is 0. The highest BCUT2D eigenvalue weighted by atomic mass is 16.5. The predicted octanol–water partition coefficient (Wildman–Crippen LogP) is 2.23. The monoisotopic (exact) mass is 323 g/mol. The molecule has 124 valence electrons. The molecule has 1 saturated heterocycles. The number of allylic oxidation sites excluding steroid dienone is 1. The third kappa shape index (κ3) is 3.67. The van der Waals surface area contributed by atoms with E-state index in [4.69, 9.17) is 4.74 Å². The van der Waals surface area contributed by atoms with Crippen LogP contribution in [-0.4, -0.2) is 24.7 Å². The van der Waals surface area contributed by atoms with E-state index in [2.05, 4.69) is 35.9 Å². The number of hydrogen-bond acceptors (Lipinski definition) is 5. The molecule has 2 heterocycles. The quantitative estimate of drug-likeness (QED) is 0.476. The molecule has 0 radical (unpaired) electrons. The van der Waals surface area contributed by atoms with Gasteiger partial charge in [-0.1, -0.05) is 24.0 Å². The van der Waals surface area contributed by atoms with Crippen LogP contribution in [0.4, 0.5) is 0 Å². The van der Waals surface area contributed by atoms with E-state index in [1.165, 1.54) is 6.92 Å². The molecule has 1 unspecified atom stereocenters. The second-order valence-electron chi connectivity index (χ2n) is 6.15. The number of nitriles is 2. The lowest BCUT2D eigenvalue weighted by atomic mass is 9.70. The molecular weight excluding hydrogens is 302 g/mol. The van der Waals surface area contributed by atoms with Gasteiger partial charge in [-0.2, -0.15) is 10.5 Å². The maximum atomic E-state index is 10.7. The zero-order valence-corrected chi connectivity index (χ0v) is 13.8. The molecule has 2 bridgehead atoms. The van der Waals surface area contributed by atoms with Crippen molar-refractivity contribution < 1.29 is 9.53 Å². The summed E-state index contributed by atoms with van der Waals surface area (Å²) in [5.41, 5.74) is -0.403. The van der Waals surface area contributed by atoms with Crippen LogP contribution in [0.25, 0.3) is 0 Å². The lowest BCUT2D eigenvalue weighted by molar-refractivity contribution is -0.139. The molecule has 1 fully saturated rings. The van der Waals surface area contributed by atoms with Gasteiger partial charge in [-0.15, -0.1) is 6.58 Å². The van der Waals surface area contributed by atoms with Gasteiger partial charge in [0.2, 0.25) is 0 Å². The predicted molar refractivity (Wildman–Crippen MR) is 89.0 cm³/mol. The summed E-state index contributed by atoms with van der Waals surface area (Å²) in [5.74, 6) is 5.23. The number of rotatable bonds is 5. The van der Waals surface area contributed by atoms with Gasteiger partial charge in [0.05, 0.1) is 12.1 Å². The molecule has 0 saturated carbocycles. The third-order valence-electron chi connectivity index (χ3n) is 4.60. The summed E-state index contributed by atoms with van der Waals surface area (Å²) < 4.78 is 4.76. The van der Waals surface area contributed by atoms with E-state index in [1.54, 1.807) is 0 Å². The minimum Gasteiger partial charge on any atom is -0.453 e. The van der Waals surface area contributed by atoms with Crippen molar-refractivity contribution in [3.63, 3.8) is 0 Å². The highest BCUT2D eigenvalue weighted by Gasteiger charge is 2.45. The smallest absolute Gasteiger partial charge is 0.303 e. The molecule has 0 aromatic heterocycles. The molecule has 5 nitrogen and oxygen atoms in total. The standard InChI is InChI=1S/C19H21N3O2/c1-3-6-16-17(11-15-7-8-18(16)22-15)19(12-20,13-21)9-4-5-10-24-14(2)23/h3,11,15-16,18,22H,1,6-10H2,2H3/t15?,16-,18+/m1/s1. The first-order valence-corrected chi connectivity index (χ1v) is 8.07. The average molecular weight is 323 g/mol. The Morgan fingerprint density at radius 2 is 2.21 bits per heavy atom. The first-order chi connectivity index (χ1) is 11.6. The van der Waals surface area contributed by atoms with E-state index in [0.717, 1.165) is 24.8 Å². The number of carbonyl (C=O) groups excluding carboxylic acids is 1. The van der Waals surface area contributed by atoms with E-state index >= 15 is 0 Å². The van der Waals surface area contributed by atoms with Gasteiger partial charge >= 0.3 is 5.97 Å². The Kier molecular flexibility index (Phi) is 5.80. The number of nitrogens with zero attached hydrogens (tertiary/aromatic N) is 2. The Morgan fingerprint density at radius 3 is 2.83 bits per heavy atom. The highest BCUT2D eigenvalue weighted by Crippen LogP contribution is 2.44. The van der Waals surface area contributed by atoms with Crippen molar-refractivity contribution in [3.05, 3.63) is 24.3 Å². The highest BCUT2D eigenvalue weighted by molar-refractivity contribution is 5.66. The van der Waals surface area contributed by atoms with Gasteiger partial charge in [0.25, 0.3) is 0 Å². The van der Waals surface area contributed by atoms with Crippen molar-refractivity contribution in [3.8, 4) is 24.0 Å². The molecule has 0 aliphatic carbocycles. The number of ether oxygens (including phenoxy) is 1. The Labute approximate surface area is 143 Å². The maximum Gasteiger partial charge on any atom is 0.303 e. The summed E-state index contributed by atoms with van der Waals surface area (Å²) in [6.45, 7) is 5.10. The molecule has 0 aromatic rings. The summed E-state index contributed by atoms with van der Waals surface area (Å²) in [6.07, 6.45) is 6.77. The number of carbonyl (C=O) groups is 1. The normalized spacial score (nSPS) is 24.6. The minimum atomic E-state index is -1.26. The Morgan fingerprint density at radius 1 is 1.46 bits per heavy atom. The summed E-state index contributed by atoms with van der Waals surface area (Å²) in [7, 11) is 0. The van der Waals surface area contributed by atoms with E-state index < -0.39 is 11.4 Å². The second-order valence-corrected chi connectivity index (χ2v) is 6.15. The zero-order chi connectivity index (χ0) is 17.6. The van der Waals surface area contributed by atoms with Crippen molar-refractivity contribution in [1.29, 1.82) is 10.5 Å². The molecule has 0 aromatic carbocycles. The van der Waals surface area contributed by atoms with Gasteiger partial charge in [-0.25, -0.2) is 0 Å². The fourth-order valence-corrected chi connectivity index (χ4v) is 3.46. The second kappa shape index (κ2) is 7.82. The molecule has 5 heteroatoms. The lowest BCUT2D eigenvalue weighted by Crippen LogP contribution is -2.43. The first kappa shape index (κ1) is 17.8. The van der Waals surface area contributed by atoms with E-state index in [9.17, 15) is 15.3 Å². The van der Waals surface area contributed by atoms with Crippen LogP contribution < -0.4 is 5.32 Å². The van der Waals surface area contributed by atoms with Gasteiger partial charge < -0.3 is 10.1 Å². The largest absolute Gasteiger partial charge is 0.453 e. The van der Waals surface area contributed by atoms with Crippen molar-refractivity contribution >= 4 is 5.97 Å². The number of nitrogens with one attached hydrogen (secondary N) is 1. The summed E-state index contributed by atoms with van der Waals surface area (Å²) in [5, 5.41) is 23.0. The van der Waals surface area contributed by atoms with Crippen LogP contribution in [0.2, 0.25) is 0 Å². The summed E-state index contributed by atoms with van der Waals surface area (Å²) in [6, 6.07) is 4.88. The molecule has 3 atom stereocenters. The molecule has 2 rings (SSSR count). The Bertz CT molecular complexity index is 670. The lowest BCUT2D eigenvalue weighted by Gasteiger charge is -2.35. The van der Waals surface area contributed by atoms with Crippen molar-refractivity contribution in [2.24, 2.45) is 11.3 Å². The summed E-state index contributed by atoms with van der Waals surface area (Å²) in [4.78, 5) is 10.7. The maximum absolute atomic E-state index is 10.7. The number of hydrogen-bond donors (Lipinski definition) is 1. The minimum absolute atomic E-state index is 0.0236.